The van der Waals surface area contributed by atoms with Gasteiger partial charge in [-0.1, -0.05) is 43.2 Å². The normalized spacial score (nSPS) is 10.4. The quantitative estimate of drug-likeness (QED) is 0.665. The zero-order valence-electron chi connectivity index (χ0n) is 12.8. The molecule has 0 unspecified atom stereocenters. The van der Waals surface area contributed by atoms with Crippen LogP contribution in [0.3, 0.4) is 0 Å². The lowest BCUT2D eigenvalue weighted by molar-refractivity contribution is 0.0697. The van der Waals surface area contributed by atoms with Crippen molar-refractivity contribution < 1.29 is 9.90 Å². The van der Waals surface area contributed by atoms with E-state index in [9.17, 15) is 4.79 Å². The SMILES string of the molecule is O=C(O)c1ccc(NCCCCCCc2ccccc2)cc1. The molecule has 22 heavy (non-hydrogen) atoms. The molecule has 3 nitrogen and oxygen atoms in total. The Hall–Kier alpha value is -2.29. The highest BCUT2D eigenvalue weighted by atomic mass is 16.4. The van der Waals surface area contributed by atoms with Crippen LogP contribution in [0.5, 0.6) is 0 Å². The van der Waals surface area contributed by atoms with Gasteiger partial charge < -0.3 is 10.4 Å². The van der Waals surface area contributed by atoms with Crippen LogP contribution in [-0.4, -0.2) is 17.6 Å². The summed E-state index contributed by atoms with van der Waals surface area (Å²) < 4.78 is 0. The largest absolute Gasteiger partial charge is 0.478 e. The number of carboxylic acid groups (broad SMARTS) is 1. The minimum absolute atomic E-state index is 0.325. The summed E-state index contributed by atoms with van der Waals surface area (Å²) in [5, 5.41) is 12.2. The van der Waals surface area contributed by atoms with Gasteiger partial charge in [0.1, 0.15) is 0 Å². The second-order valence-corrected chi connectivity index (χ2v) is 5.46. The van der Waals surface area contributed by atoms with Gasteiger partial charge in [-0.15, -0.1) is 0 Å². The van der Waals surface area contributed by atoms with Crippen molar-refractivity contribution in [3.05, 3.63) is 65.7 Å². The number of rotatable bonds is 9. The Morgan fingerprint density at radius 2 is 1.55 bits per heavy atom. The number of aryl methyl sites for hydroxylation is 1. The lowest BCUT2D eigenvalue weighted by Gasteiger charge is -2.07. The molecule has 0 heterocycles. The standard InChI is InChI=1S/C19H23NO2/c21-19(22)17-11-13-18(14-12-17)20-15-7-2-1-4-8-16-9-5-3-6-10-16/h3,5-6,9-14,20H,1-2,4,7-8,15H2,(H,21,22). The number of carboxylic acids is 1. The fourth-order valence-electron chi connectivity index (χ4n) is 2.42. The van der Waals surface area contributed by atoms with Crippen LogP contribution < -0.4 is 5.32 Å². The molecule has 2 aromatic rings. The van der Waals surface area contributed by atoms with Crippen molar-refractivity contribution in [1.82, 2.24) is 0 Å². The van der Waals surface area contributed by atoms with Crippen molar-refractivity contribution in [1.29, 1.82) is 0 Å². The van der Waals surface area contributed by atoms with Crippen molar-refractivity contribution in [3.8, 4) is 0 Å². The van der Waals surface area contributed by atoms with Gasteiger partial charge in [-0.3, -0.25) is 0 Å². The topological polar surface area (TPSA) is 49.3 Å². The van der Waals surface area contributed by atoms with Crippen LogP contribution in [0, 0.1) is 0 Å². The summed E-state index contributed by atoms with van der Waals surface area (Å²) in [6.45, 7) is 0.928. The van der Waals surface area contributed by atoms with E-state index in [-0.39, 0.29) is 0 Å². The second-order valence-electron chi connectivity index (χ2n) is 5.46. The molecule has 0 spiro atoms. The fraction of sp³-hybridized carbons (Fsp3) is 0.316. The third-order valence-corrected chi connectivity index (χ3v) is 3.70. The van der Waals surface area contributed by atoms with Crippen LogP contribution in [0.1, 0.15) is 41.6 Å². The van der Waals surface area contributed by atoms with Crippen molar-refractivity contribution in [2.45, 2.75) is 32.1 Å². The first-order valence-electron chi connectivity index (χ1n) is 7.87. The molecule has 0 saturated carbocycles. The number of hydrogen-bond donors (Lipinski definition) is 2. The minimum Gasteiger partial charge on any atom is -0.478 e. The molecular weight excluding hydrogens is 274 g/mol. The number of anilines is 1. The lowest BCUT2D eigenvalue weighted by atomic mass is 10.1. The fourth-order valence-corrected chi connectivity index (χ4v) is 2.42. The van der Waals surface area contributed by atoms with E-state index in [1.807, 2.05) is 12.1 Å². The highest BCUT2D eigenvalue weighted by molar-refractivity contribution is 5.87. The second kappa shape index (κ2) is 8.88. The summed E-state index contributed by atoms with van der Waals surface area (Å²) >= 11 is 0. The van der Waals surface area contributed by atoms with E-state index in [0.717, 1.165) is 25.1 Å². The number of nitrogens with one attached hydrogen (secondary N) is 1. The van der Waals surface area contributed by atoms with Crippen LogP contribution >= 0.6 is 0 Å². The Bertz CT molecular complexity index is 564. The Balaban J connectivity index is 1.55. The van der Waals surface area contributed by atoms with Crippen molar-refractivity contribution in [2.75, 3.05) is 11.9 Å². The summed E-state index contributed by atoms with van der Waals surface area (Å²) in [7, 11) is 0. The molecule has 0 atom stereocenters. The molecule has 0 saturated heterocycles. The monoisotopic (exact) mass is 297 g/mol. The van der Waals surface area contributed by atoms with Gasteiger partial charge in [0.2, 0.25) is 0 Å². The minimum atomic E-state index is -0.884. The molecule has 116 valence electrons. The van der Waals surface area contributed by atoms with Crippen LogP contribution in [-0.2, 0) is 6.42 Å². The molecule has 0 aliphatic carbocycles. The molecule has 0 fully saturated rings. The molecule has 2 N–H and O–H groups in total. The Morgan fingerprint density at radius 1 is 0.864 bits per heavy atom. The molecule has 3 heteroatoms. The molecule has 0 aromatic heterocycles. The zero-order valence-corrected chi connectivity index (χ0v) is 12.8. The predicted octanol–water partition coefficient (Wildman–Crippen LogP) is 4.60. The van der Waals surface area contributed by atoms with Gasteiger partial charge in [-0.2, -0.15) is 0 Å². The van der Waals surface area contributed by atoms with E-state index in [1.54, 1.807) is 12.1 Å². The van der Waals surface area contributed by atoms with Crippen molar-refractivity contribution >= 4 is 11.7 Å². The molecule has 2 rings (SSSR count). The van der Waals surface area contributed by atoms with E-state index in [1.165, 1.54) is 24.8 Å². The molecule has 0 amide bonds. The van der Waals surface area contributed by atoms with Crippen LogP contribution in [0.25, 0.3) is 0 Å². The van der Waals surface area contributed by atoms with Crippen molar-refractivity contribution in [2.24, 2.45) is 0 Å². The third-order valence-electron chi connectivity index (χ3n) is 3.70. The first-order valence-corrected chi connectivity index (χ1v) is 7.87. The summed E-state index contributed by atoms with van der Waals surface area (Å²) in [5.74, 6) is -0.884. The van der Waals surface area contributed by atoms with Crippen LogP contribution in [0.2, 0.25) is 0 Å². The summed E-state index contributed by atoms with van der Waals surface area (Å²) in [5.41, 5.74) is 2.72. The zero-order chi connectivity index (χ0) is 15.6. The van der Waals surface area contributed by atoms with E-state index in [2.05, 4.69) is 35.6 Å². The van der Waals surface area contributed by atoms with Gasteiger partial charge in [0.25, 0.3) is 0 Å². The first kappa shape index (κ1) is 16.1. The number of unbranched alkanes of at least 4 members (excludes halogenated alkanes) is 3. The van der Waals surface area contributed by atoms with Gasteiger partial charge in [0.15, 0.2) is 0 Å². The summed E-state index contributed by atoms with van der Waals surface area (Å²) in [6, 6.07) is 17.5. The van der Waals surface area contributed by atoms with Crippen LogP contribution in [0.15, 0.2) is 54.6 Å². The lowest BCUT2D eigenvalue weighted by Crippen LogP contribution is -2.02. The number of carbonyl (C=O) groups is 1. The molecular formula is C19H23NO2. The molecule has 0 bridgehead atoms. The van der Waals surface area contributed by atoms with E-state index in [0.29, 0.717) is 5.56 Å². The van der Waals surface area contributed by atoms with Gasteiger partial charge >= 0.3 is 5.97 Å². The van der Waals surface area contributed by atoms with Gasteiger partial charge in [0, 0.05) is 12.2 Å². The maximum absolute atomic E-state index is 10.8. The van der Waals surface area contributed by atoms with Gasteiger partial charge in [-0.05, 0) is 49.1 Å². The average Bonchev–Trinajstić information content (AvgIpc) is 2.55. The number of hydrogen-bond acceptors (Lipinski definition) is 2. The van der Waals surface area contributed by atoms with Gasteiger partial charge in [0.05, 0.1) is 5.56 Å². The molecule has 2 aromatic carbocycles. The highest BCUT2D eigenvalue weighted by Gasteiger charge is 2.01. The smallest absolute Gasteiger partial charge is 0.335 e. The molecule has 0 aliphatic rings. The highest BCUT2D eigenvalue weighted by Crippen LogP contribution is 2.11. The molecule has 0 radical (unpaired) electrons. The maximum Gasteiger partial charge on any atom is 0.335 e. The predicted molar refractivity (Wildman–Crippen MR) is 90.5 cm³/mol. The van der Waals surface area contributed by atoms with E-state index < -0.39 is 5.97 Å². The summed E-state index contributed by atoms with van der Waals surface area (Å²) in [4.78, 5) is 10.8. The van der Waals surface area contributed by atoms with E-state index in [4.69, 9.17) is 5.11 Å². The number of aromatic carboxylic acids is 1. The first-order chi connectivity index (χ1) is 10.8. The van der Waals surface area contributed by atoms with E-state index >= 15 is 0 Å². The van der Waals surface area contributed by atoms with Gasteiger partial charge in [-0.25, -0.2) is 4.79 Å². The maximum atomic E-state index is 10.8. The Kier molecular flexibility index (Phi) is 6.49. The average molecular weight is 297 g/mol. The van der Waals surface area contributed by atoms with Crippen LogP contribution in [0.4, 0.5) is 5.69 Å². The third kappa shape index (κ3) is 5.60. The summed E-state index contributed by atoms with van der Waals surface area (Å²) in [6.07, 6.45) is 5.99. The Labute approximate surface area is 132 Å². The Morgan fingerprint density at radius 3 is 2.23 bits per heavy atom. The van der Waals surface area contributed by atoms with Crippen molar-refractivity contribution in [3.63, 3.8) is 0 Å². The number of benzene rings is 2. The molecule has 0 aliphatic heterocycles.